The fourth-order valence-corrected chi connectivity index (χ4v) is 7.33. The molecule has 2 aromatic carbocycles. The molecular weight excluding hydrogens is 574 g/mol. The van der Waals surface area contributed by atoms with Crippen molar-refractivity contribution in [1.82, 2.24) is 10.2 Å². The highest BCUT2D eigenvalue weighted by Gasteiger charge is 2.76. The lowest BCUT2D eigenvalue weighted by Gasteiger charge is -2.34. The number of aliphatic hydroxyl groups excluding tert-OH is 1. The Bertz CT molecular complexity index is 1200. The molecule has 2 bridgehead atoms. The van der Waals surface area contributed by atoms with Gasteiger partial charge in [-0.2, -0.15) is 0 Å². The summed E-state index contributed by atoms with van der Waals surface area (Å²) in [6.45, 7) is 0.735. The summed E-state index contributed by atoms with van der Waals surface area (Å²) in [5, 5.41) is 15.5. The number of aliphatic hydroxyl groups is 1. The molecule has 5 rings (SSSR count). The Balaban J connectivity index is 1.43. The Morgan fingerprint density at radius 2 is 1.82 bits per heavy atom. The summed E-state index contributed by atoms with van der Waals surface area (Å²) in [5.41, 5.74) is 0.273. The van der Waals surface area contributed by atoms with E-state index in [1.807, 2.05) is 30.3 Å². The van der Waals surface area contributed by atoms with Gasteiger partial charge < -0.3 is 25.4 Å². The zero-order valence-corrected chi connectivity index (χ0v) is 23.2. The molecule has 1 spiro atoms. The molecule has 10 heteroatoms. The number of carbonyl (C=O) groups is 3. The number of unbranched alkanes of at least 4 members (excludes halogenated alkanes) is 2. The summed E-state index contributed by atoms with van der Waals surface area (Å²) in [5.74, 6) is -2.37. The molecule has 6 atom stereocenters. The summed E-state index contributed by atoms with van der Waals surface area (Å²) in [4.78, 5) is 42.7. The number of rotatable bonds is 10. The maximum absolute atomic E-state index is 14.0. The molecule has 3 fully saturated rings. The molecule has 3 amide bonds. The number of carbonyl (C=O) groups excluding carboxylic acids is 3. The van der Waals surface area contributed by atoms with E-state index in [0.717, 1.165) is 5.56 Å². The topological polar surface area (TPSA) is 108 Å². The Kier molecular flexibility index (Phi) is 8.09. The van der Waals surface area contributed by atoms with Gasteiger partial charge in [0.2, 0.25) is 17.7 Å². The van der Waals surface area contributed by atoms with Crippen LogP contribution in [0.4, 0.5) is 5.69 Å². The minimum Gasteiger partial charge on any atom is -0.396 e. The molecule has 0 aliphatic carbocycles. The van der Waals surface area contributed by atoms with E-state index in [9.17, 15) is 19.5 Å². The summed E-state index contributed by atoms with van der Waals surface area (Å²) in [6.07, 6.45) is 1.86. The molecule has 0 aromatic heterocycles. The number of halogens is 2. The van der Waals surface area contributed by atoms with Crippen molar-refractivity contribution in [2.24, 2.45) is 11.8 Å². The maximum Gasteiger partial charge on any atom is 0.250 e. The van der Waals surface area contributed by atoms with Crippen LogP contribution in [-0.4, -0.2) is 63.5 Å². The number of amides is 3. The minimum absolute atomic E-state index is 0.0661. The molecule has 38 heavy (non-hydrogen) atoms. The van der Waals surface area contributed by atoms with Crippen LogP contribution in [0.2, 0.25) is 5.02 Å². The molecule has 8 nitrogen and oxygen atoms in total. The van der Waals surface area contributed by atoms with Crippen LogP contribution in [0.25, 0.3) is 0 Å². The summed E-state index contributed by atoms with van der Waals surface area (Å²) >= 11 is 9.99. The first-order chi connectivity index (χ1) is 18.4. The number of nitrogens with one attached hydrogen (secondary N) is 2. The fraction of sp³-hybridized carbons (Fsp3) is 0.464. The number of hydrogen-bond donors (Lipinski definition) is 3. The number of anilines is 1. The van der Waals surface area contributed by atoms with Crippen molar-refractivity contribution < 1.29 is 24.2 Å². The van der Waals surface area contributed by atoms with Gasteiger partial charge in [-0.25, -0.2) is 0 Å². The monoisotopic (exact) mass is 603 g/mol. The normalized spacial score (nSPS) is 29.4. The first-order valence-electron chi connectivity index (χ1n) is 13.0. The summed E-state index contributed by atoms with van der Waals surface area (Å²) in [7, 11) is 0. The number of benzene rings is 2. The molecule has 3 unspecified atom stereocenters. The lowest BCUT2D eigenvalue weighted by atomic mass is 9.70. The zero-order chi connectivity index (χ0) is 26.9. The Labute approximate surface area is 235 Å². The first kappa shape index (κ1) is 27.1. The van der Waals surface area contributed by atoms with Gasteiger partial charge in [-0.15, -0.1) is 0 Å². The van der Waals surface area contributed by atoms with Crippen molar-refractivity contribution in [3.8, 4) is 0 Å². The third kappa shape index (κ3) is 4.85. The van der Waals surface area contributed by atoms with Crippen molar-refractivity contribution in [1.29, 1.82) is 0 Å². The highest BCUT2D eigenvalue weighted by atomic mass is 79.9. The molecule has 2 aromatic rings. The lowest BCUT2D eigenvalue weighted by molar-refractivity contribution is -0.140. The first-order valence-corrected chi connectivity index (χ1v) is 14.3. The van der Waals surface area contributed by atoms with Gasteiger partial charge >= 0.3 is 0 Å². The third-order valence-corrected chi connectivity index (χ3v) is 9.01. The molecule has 3 N–H and O–H groups in total. The van der Waals surface area contributed by atoms with Crippen LogP contribution in [0.15, 0.2) is 54.6 Å². The maximum atomic E-state index is 14.0. The number of ether oxygens (including phenoxy) is 1. The van der Waals surface area contributed by atoms with E-state index < -0.39 is 29.6 Å². The van der Waals surface area contributed by atoms with Crippen LogP contribution in [0.3, 0.4) is 0 Å². The van der Waals surface area contributed by atoms with Crippen LogP contribution in [0.1, 0.15) is 31.2 Å². The van der Waals surface area contributed by atoms with E-state index in [2.05, 4.69) is 26.6 Å². The van der Waals surface area contributed by atoms with Gasteiger partial charge in [0, 0.05) is 24.5 Å². The summed E-state index contributed by atoms with van der Waals surface area (Å²) < 4.78 is 6.51. The second kappa shape index (κ2) is 11.3. The number of alkyl halides is 1. The van der Waals surface area contributed by atoms with Crippen LogP contribution in [0.5, 0.6) is 0 Å². The zero-order valence-electron chi connectivity index (χ0n) is 20.8. The second-order valence-corrected chi connectivity index (χ2v) is 11.7. The van der Waals surface area contributed by atoms with E-state index in [0.29, 0.717) is 49.5 Å². The molecule has 3 heterocycles. The van der Waals surface area contributed by atoms with Crippen molar-refractivity contribution >= 4 is 50.9 Å². The SMILES string of the molecule is O=C(Nc1ccccc1Cl)C1N(CCCCCO)C(=O)[C@@H]2[C@@H](C(=O)NCc3ccccc3)[C@@H]3OC12CC3Br. The van der Waals surface area contributed by atoms with Crippen LogP contribution < -0.4 is 10.6 Å². The van der Waals surface area contributed by atoms with Gasteiger partial charge in [-0.3, -0.25) is 14.4 Å². The van der Waals surface area contributed by atoms with E-state index in [1.54, 1.807) is 29.2 Å². The van der Waals surface area contributed by atoms with Crippen molar-refractivity contribution in [3.05, 3.63) is 65.2 Å². The van der Waals surface area contributed by atoms with Crippen molar-refractivity contribution in [2.75, 3.05) is 18.5 Å². The van der Waals surface area contributed by atoms with Crippen molar-refractivity contribution in [2.45, 2.75) is 54.8 Å². The van der Waals surface area contributed by atoms with Gasteiger partial charge in [0.25, 0.3) is 0 Å². The summed E-state index contributed by atoms with van der Waals surface area (Å²) in [6, 6.07) is 15.6. The molecule has 0 radical (unpaired) electrons. The molecule has 3 aliphatic heterocycles. The molecule has 3 saturated heterocycles. The Morgan fingerprint density at radius 3 is 2.55 bits per heavy atom. The Hall–Kier alpha value is -2.46. The standard InChI is InChI=1S/C28H31BrClN3O5/c29-18-15-28-22(21(23(18)38-28)25(35)31-16-17-9-3-1-4-10-17)27(37)33(13-7-2-8-14-34)24(28)26(36)32-20-12-6-5-11-19(20)30/h1,3-6,9-12,18,21-24,34H,2,7-8,13-16H2,(H,31,35)(H,32,36)/t18?,21-,22+,23-,24?,28?/m1/s1. The minimum atomic E-state index is -1.13. The number of hydrogen-bond acceptors (Lipinski definition) is 5. The van der Waals surface area contributed by atoms with E-state index >= 15 is 0 Å². The van der Waals surface area contributed by atoms with Gasteiger partial charge in [0.05, 0.1) is 28.6 Å². The van der Waals surface area contributed by atoms with Crippen molar-refractivity contribution in [3.63, 3.8) is 0 Å². The van der Waals surface area contributed by atoms with Crippen LogP contribution in [0, 0.1) is 11.8 Å². The van der Waals surface area contributed by atoms with Gasteiger partial charge in [-0.05, 0) is 43.4 Å². The molecule has 202 valence electrons. The molecule has 3 aliphatic rings. The second-order valence-electron chi connectivity index (χ2n) is 10.2. The van der Waals surface area contributed by atoms with E-state index in [-0.39, 0.29) is 29.2 Å². The molecule has 0 saturated carbocycles. The highest BCUT2D eigenvalue weighted by Crippen LogP contribution is 2.60. The smallest absolute Gasteiger partial charge is 0.250 e. The quantitative estimate of drug-likeness (QED) is 0.284. The largest absolute Gasteiger partial charge is 0.396 e. The molecular formula is C28H31BrClN3O5. The predicted molar refractivity (Wildman–Crippen MR) is 147 cm³/mol. The third-order valence-electron chi connectivity index (χ3n) is 7.84. The number of fused-ring (bicyclic) bond motifs is 1. The average Bonchev–Trinajstić information content (AvgIpc) is 3.50. The van der Waals surface area contributed by atoms with E-state index in [4.69, 9.17) is 16.3 Å². The van der Waals surface area contributed by atoms with Crippen LogP contribution in [-0.2, 0) is 25.7 Å². The number of likely N-dealkylation sites (tertiary alicyclic amines) is 1. The highest BCUT2D eigenvalue weighted by molar-refractivity contribution is 9.09. The lowest BCUT2D eigenvalue weighted by Crippen LogP contribution is -2.54. The van der Waals surface area contributed by atoms with Gasteiger partial charge in [-0.1, -0.05) is 70.0 Å². The fourth-order valence-electron chi connectivity index (χ4n) is 6.21. The Morgan fingerprint density at radius 1 is 1.08 bits per heavy atom. The number of nitrogens with zero attached hydrogens (tertiary/aromatic N) is 1. The average molecular weight is 605 g/mol. The van der Waals surface area contributed by atoms with Crippen LogP contribution >= 0.6 is 27.5 Å². The van der Waals surface area contributed by atoms with E-state index in [1.165, 1.54) is 0 Å². The van der Waals surface area contributed by atoms with Gasteiger partial charge in [0.15, 0.2) is 0 Å². The van der Waals surface area contributed by atoms with Gasteiger partial charge in [0.1, 0.15) is 11.6 Å². The predicted octanol–water partition coefficient (Wildman–Crippen LogP) is 3.51. The number of para-hydroxylation sites is 1.